The smallest absolute Gasteiger partial charge is 0.325 e. The molecule has 0 bridgehead atoms. The Bertz CT molecular complexity index is 587. The van der Waals surface area contributed by atoms with E-state index in [0.717, 1.165) is 6.07 Å². The van der Waals surface area contributed by atoms with Crippen molar-refractivity contribution in [1.82, 2.24) is 10.2 Å². The Balaban J connectivity index is 1.71. The largest absolute Gasteiger partial charge is 0.454 e. The van der Waals surface area contributed by atoms with Crippen LogP contribution in [0.1, 0.15) is 10.4 Å². The summed E-state index contributed by atoms with van der Waals surface area (Å²) in [5.41, 5.74) is -0.162. The molecule has 0 aromatic heterocycles. The lowest BCUT2D eigenvalue weighted by Gasteiger charge is -2.26. The molecule has 2 amide bonds. The number of ether oxygens (including phenoxy) is 2. The molecule has 7 nitrogen and oxygen atoms in total. The van der Waals surface area contributed by atoms with Crippen molar-refractivity contribution in [3.8, 4) is 0 Å². The van der Waals surface area contributed by atoms with E-state index in [1.54, 1.807) is 0 Å². The fourth-order valence-corrected chi connectivity index (χ4v) is 1.99. The van der Waals surface area contributed by atoms with Crippen molar-refractivity contribution < 1.29 is 28.2 Å². The molecule has 1 aliphatic rings. The van der Waals surface area contributed by atoms with Crippen LogP contribution in [0.25, 0.3) is 0 Å². The summed E-state index contributed by atoms with van der Waals surface area (Å²) >= 11 is 0. The first kappa shape index (κ1) is 16.9. The molecule has 1 aromatic rings. The average molecular weight is 324 g/mol. The zero-order valence-electron chi connectivity index (χ0n) is 12.4. The van der Waals surface area contributed by atoms with Gasteiger partial charge in [0.2, 0.25) is 0 Å². The Kier molecular flexibility index (Phi) is 6.04. The molecule has 0 atom stereocenters. The van der Waals surface area contributed by atoms with Crippen LogP contribution >= 0.6 is 0 Å². The zero-order chi connectivity index (χ0) is 16.7. The molecule has 124 valence electrons. The third-order valence-electron chi connectivity index (χ3n) is 3.23. The van der Waals surface area contributed by atoms with Crippen LogP contribution in [0, 0.1) is 5.82 Å². The number of carbonyl (C=O) groups excluding carboxylic acids is 3. The summed E-state index contributed by atoms with van der Waals surface area (Å²) in [6, 6.07) is 5.42. The highest BCUT2D eigenvalue weighted by molar-refractivity contribution is 5.96. The van der Waals surface area contributed by atoms with Gasteiger partial charge in [0, 0.05) is 13.1 Å². The van der Waals surface area contributed by atoms with Gasteiger partial charge in [-0.05, 0) is 12.1 Å². The van der Waals surface area contributed by atoms with Gasteiger partial charge < -0.3 is 19.7 Å². The number of halogens is 1. The molecule has 23 heavy (non-hydrogen) atoms. The number of carbonyl (C=O) groups is 3. The van der Waals surface area contributed by atoms with E-state index in [9.17, 15) is 18.8 Å². The van der Waals surface area contributed by atoms with Crippen LogP contribution in [0.4, 0.5) is 4.39 Å². The standard InChI is InChI=1S/C15H17FN2O5/c16-12-4-2-1-3-11(12)15(21)17-9-14(20)23-10-13(19)18-5-7-22-8-6-18/h1-4H,5-10H2,(H,17,21). The van der Waals surface area contributed by atoms with Crippen molar-refractivity contribution in [2.24, 2.45) is 0 Å². The molecule has 2 rings (SSSR count). The Morgan fingerprint density at radius 2 is 1.91 bits per heavy atom. The van der Waals surface area contributed by atoms with Gasteiger partial charge in [0.15, 0.2) is 6.61 Å². The van der Waals surface area contributed by atoms with E-state index in [-0.39, 0.29) is 11.5 Å². The average Bonchev–Trinajstić information content (AvgIpc) is 2.58. The third-order valence-corrected chi connectivity index (χ3v) is 3.23. The van der Waals surface area contributed by atoms with E-state index in [4.69, 9.17) is 9.47 Å². The molecule has 0 spiro atoms. The second-order valence-electron chi connectivity index (χ2n) is 4.82. The fourth-order valence-electron chi connectivity index (χ4n) is 1.99. The first-order chi connectivity index (χ1) is 11.1. The van der Waals surface area contributed by atoms with Gasteiger partial charge >= 0.3 is 5.97 Å². The van der Waals surface area contributed by atoms with Gasteiger partial charge in [-0.1, -0.05) is 12.1 Å². The maximum Gasteiger partial charge on any atom is 0.325 e. The van der Waals surface area contributed by atoms with Crippen LogP contribution < -0.4 is 5.32 Å². The molecule has 0 aliphatic carbocycles. The molecule has 1 saturated heterocycles. The van der Waals surface area contributed by atoms with Crippen LogP contribution in [-0.2, 0) is 19.1 Å². The van der Waals surface area contributed by atoms with Crippen LogP contribution in [0.5, 0.6) is 0 Å². The molecule has 1 aliphatic heterocycles. The number of nitrogens with one attached hydrogen (secondary N) is 1. The molecule has 1 fully saturated rings. The van der Waals surface area contributed by atoms with Crippen molar-refractivity contribution in [1.29, 1.82) is 0 Å². The number of rotatable bonds is 5. The summed E-state index contributed by atoms with van der Waals surface area (Å²) in [5.74, 6) is -2.49. The maximum absolute atomic E-state index is 13.4. The number of amides is 2. The molecule has 0 saturated carbocycles. The number of esters is 1. The van der Waals surface area contributed by atoms with Gasteiger partial charge in [-0.2, -0.15) is 0 Å². The molecule has 1 aromatic carbocycles. The monoisotopic (exact) mass is 324 g/mol. The van der Waals surface area contributed by atoms with Gasteiger partial charge in [0.1, 0.15) is 12.4 Å². The van der Waals surface area contributed by atoms with Gasteiger partial charge in [-0.25, -0.2) is 4.39 Å². The molecule has 8 heteroatoms. The lowest BCUT2D eigenvalue weighted by Crippen LogP contribution is -2.43. The fraction of sp³-hybridized carbons (Fsp3) is 0.400. The summed E-state index contributed by atoms with van der Waals surface area (Å²) in [6.45, 7) is 0.996. The van der Waals surface area contributed by atoms with Crippen molar-refractivity contribution in [3.05, 3.63) is 35.6 Å². The zero-order valence-corrected chi connectivity index (χ0v) is 12.4. The van der Waals surface area contributed by atoms with Crippen LogP contribution in [-0.4, -0.2) is 62.1 Å². The minimum atomic E-state index is -0.767. The highest BCUT2D eigenvalue weighted by Gasteiger charge is 2.18. The number of morpholine rings is 1. The first-order valence-corrected chi connectivity index (χ1v) is 7.12. The van der Waals surface area contributed by atoms with Gasteiger partial charge in [0.05, 0.1) is 18.8 Å². The minimum Gasteiger partial charge on any atom is -0.454 e. The Labute approximate surface area is 132 Å². The van der Waals surface area contributed by atoms with E-state index in [1.165, 1.54) is 23.1 Å². The van der Waals surface area contributed by atoms with Crippen molar-refractivity contribution in [2.75, 3.05) is 39.5 Å². The topological polar surface area (TPSA) is 84.9 Å². The number of hydrogen-bond acceptors (Lipinski definition) is 5. The maximum atomic E-state index is 13.4. The Hall–Kier alpha value is -2.48. The predicted molar refractivity (Wildman–Crippen MR) is 77.1 cm³/mol. The number of hydrogen-bond donors (Lipinski definition) is 1. The number of benzene rings is 1. The molecule has 0 radical (unpaired) electrons. The summed E-state index contributed by atoms with van der Waals surface area (Å²) in [7, 11) is 0. The molecule has 1 heterocycles. The molecular weight excluding hydrogens is 307 g/mol. The summed E-state index contributed by atoms with van der Waals surface area (Å²) in [5, 5.41) is 2.24. The highest BCUT2D eigenvalue weighted by Crippen LogP contribution is 2.05. The normalized spacial score (nSPS) is 14.2. The highest BCUT2D eigenvalue weighted by atomic mass is 19.1. The lowest BCUT2D eigenvalue weighted by atomic mass is 10.2. The second kappa shape index (κ2) is 8.23. The first-order valence-electron chi connectivity index (χ1n) is 7.12. The Morgan fingerprint density at radius 3 is 2.61 bits per heavy atom. The van der Waals surface area contributed by atoms with E-state index < -0.39 is 30.8 Å². The lowest BCUT2D eigenvalue weighted by molar-refractivity contribution is -0.152. The summed E-state index contributed by atoms with van der Waals surface area (Å²) in [6.07, 6.45) is 0. The van der Waals surface area contributed by atoms with Gasteiger partial charge in [-0.3, -0.25) is 14.4 Å². The van der Waals surface area contributed by atoms with Crippen LogP contribution in [0.2, 0.25) is 0 Å². The molecule has 0 unspecified atom stereocenters. The van der Waals surface area contributed by atoms with Crippen molar-refractivity contribution >= 4 is 17.8 Å². The third kappa shape index (κ3) is 5.03. The molecule has 1 N–H and O–H groups in total. The van der Waals surface area contributed by atoms with E-state index >= 15 is 0 Å². The Morgan fingerprint density at radius 1 is 1.22 bits per heavy atom. The second-order valence-corrected chi connectivity index (χ2v) is 4.82. The number of nitrogens with zero attached hydrogens (tertiary/aromatic N) is 1. The summed E-state index contributed by atoms with van der Waals surface area (Å²) < 4.78 is 23.3. The van der Waals surface area contributed by atoms with Gasteiger partial charge in [-0.15, -0.1) is 0 Å². The van der Waals surface area contributed by atoms with E-state index in [1.807, 2.05) is 0 Å². The van der Waals surface area contributed by atoms with Crippen molar-refractivity contribution in [2.45, 2.75) is 0 Å². The summed E-state index contributed by atoms with van der Waals surface area (Å²) in [4.78, 5) is 36.5. The van der Waals surface area contributed by atoms with Crippen molar-refractivity contribution in [3.63, 3.8) is 0 Å². The van der Waals surface area contributed by atoms with E-state index in [2.05, 4.69) is 5.32 Å². The van der Waals surface area contributed by atoms with Gasteiger partial charge in [0.25, 0.3) is 11.8 Å². The predicted octanol–water partition coefficient (Wildman–Crippen LogP) is -0.0425. The SMILES string of the molecule is O=C(CNC(=O)c1ccccc1F)OCC(=O)N1CCOCC1. The minimum absolute atomic E-state index is 0.162. The quantitative estimate of drug-likeness (QED) is 0.768. The van der Waals surface area contributed by atoms with E-state index in [0.29, 0.717) is 26.3 Å². The molecular formula is C15H17FN2O5. The van der Waals surface area contributed by atoms with Crippen LogP contribution in [0.3, 0.4) is 0 Å². The van der Waals surface area contributed by atoms with Crippen LogP contribution in [0.15, 0.2) is 24.3 Å².